The average molecular weight is 498 g/mol. The van der Waals surface area contributed by atoms with Crippen molar-refractivity contribution in [3.63, 3.8) is 0 Å². The van der Waals surface area contributed by atoms with E-state index >= 15 is 0 Å². The molecule has 1 aromatic carbocycles. The lowest BCUT2D eigenvalue weighted by atomic mass is 10.2. The molecule has 172 valence electrons. The Kier molecular flexibility index (Phi) is 8.16. The van der Waals surface area contributed by atoms with Crippen molar-refractivity contribution < 1.29 is 22.7 Å². The Morgan fingerprint density at radius 2 is 1.94 bits per heavy atom. The Balaban J connectivity index is 1.73. The third kappa shape index (κ3) is 5.61. The number of carbonyl (C=O) groups excluding carboxylic acids is 2. The molecular formula is C21H24ClN3O5S2. The first kappa shape index (κ1) is 24.5. The Labute approximate surface area is 196 Å². The molecule has 0 spiro atoms. The summed E-state index contributed by atoms with van der Waals surface area (Å²) in [5.74, 6) is -1.32. The summed E-state index contributed by atoms with van der Waals surface area (Å²) in [7, 11) is -3.69. The zero-order valence-electron chi connectivity index (χ0n) is 17.7. The van der Waals surface area contributed by atoms with Crippen LogP contribution in [0.5, 0.6) is 0 Å². The van der Waals surface area contributed by atoms with Crippen LogP contribution in [0, 0.1) is 0 Å². The maximum absolute atomic E-state index is 12.9. The van der Waals surface area contributed by atoms with Crippen molar-refractivity contribution in [3.8, 4) is 0 Å². The van der Waals surface area contributed by atoms with Gasteiger partial charge in [-0.2, -0.15) is 4.31 Å². The Morgan fingerprint density at radius 1 is 1.22 bits per heavy atom. The number of sulfonamides is 1. The number of benzene rings is 1. The molecule has 1 amide bonds. The third-order valence-electron chi connectivity index (χ3n) is 4.99. The summed E-state index contributed by atoms with van der Waals surface area (Å²) in [6, 6.07) is 7.33. The molecule has 1 atom stereocenters. The van der Waals surface area contributed by atoms with Crippen molar-refractivity contribution in [1.82, 2.24) is 9.29 Å². The van der Waals surface area contributed by atoms with Crippen LogP contribution in [0.25, 0.3) is 0 Å². The van der Waals surface area contributed by atoms with Crippen LogP contribution in [0.15, 0.2) is 46.5 Å². The number of nitrogens with one attached hydrogen (secondary N) is 1. The van der Waals surface area contributed by atoms with Gasteiger partial charge in [0.15, 0.2) is 6.10 Å². The molecule has 32 heavy (non-hydrogen) atoms. The number of hydrogen-bond acceptors (Lipinski definition) is 7. The van der Waals surface area contributed by atoms with E-state index in [4.69, 9.17) is 16.3 Å². The number of ether oxygens (including phenoxy) is 1. The lowest BCUT2D eigenvalue weighted by Gasteiger charge is -2.26. The van der Waals surface area contributed by atoms with E-state index in [1.54, 1.807) is 24.6 Å². The number of hydrogen-bond donors (Lipinski definition) is 1. The third-order valence-corrected chi connectivity index (χ3v) is 7.92. The highest BCUT2D eigenvalue weighted by molar-refractivity contribution is 7.98. The van der Waals surface area contributed by atoms with Gasteiger partial charge in [-0.05, 0) is 56.4 Å². The van der Waals surface area contributed by atoms with Gasteiger partial charge in [0.05, 0.1) is 21.2 Å². The molecule has 0 saturated carbocycles. The van der Waals surface area contributed by atoms with Crippen molar-refractivity contribution in [2.24, 2.45) is 0 Å². The predicted molar refractivity (Wildman–Crippen MR) is 124 cm³/mol. The second-order valence-electron chi connectivity index (χ2n) is 7.20. The molecule has 0 aliphatic carbocycles. The molecule has 1 aliphatic rings. The molecule has 0 unspecified atom stereocenters. The fourth-order valence-electron chi connectivity index (χ4n) is 3.24. The number of piperidine rings is 1. The fraction of sp³-hybridized carbons (Fsp3) is 0.381. The molecule has 0 radical (unpaired) electrons. The number of pyridine rings is 1. The van der Waals surface area contributed by atoms with Gasteiger partial charge < -0.3 is 10.1 Å². The van der Waals surface area contributed by atoms with E-state index in [0.717, 1.165) is 19.3 Å². The zero-order chi connectivity index (χ0) is 23.3. The van der Waals surface area contributed by atoms with E-state index in [1.165, 1.54) is 41.2 Å². The maximum Gasteiger partial charge on any atom is 0.341 e. The normalized spacial score (nSPS) is 15.7. The van der Waals surface area contributed by atoms with Crippen LogP contribution in [0.3, 0.4) is 0 Å². The lowest BCUT2D eigenvalue weighted by Crippen LogP contribution is -2.35. The first-order chi connectivity index (χ1) is 15.2. The first-order valence-electron chi connectivity index (χ1n) is 10.0. The lowest BCUT2D eigenvalue weighted by molar-refractivity contribution is -0.123. The van der Waals surface area contributed by atoms with Crippen LogP contribution in [-0.4, -0.2) is 55.0 Å². The van der Waals surface area contributed by atoms with Crippen LogP contribution in [0.1, 0.15) is 36.5 Å². The molecule has 1 aromatic heterocycles. The predicted octanol–water partition coefficient (Wildman–Crippen LogP) is 3.82. The molecule has 2 aromatic rings. The number of rotatable bonds is 7. The van der Waals surface area contributed by atoms with Gasteiger partial charge in [-0.1, -0.05) is 18.0 Å². The van der Waals surface area contributed by atoms with Crippen LogP contribution >= 0.6 is 23.4 Å². The monoisotopic (exact) mass is 497 g/mol. The first-order valence-corrected chi connectivity index (χ1v) is 13.1. The van der Waals surface area contributed by atoms with E-state index in [0.29, 0.717) is 18.1 Å². The number of carbonyl (C=O) groups is 2. The zero-order valence-corrected chi connectivity index (χ0v) is 20.1. The van der Waals surface area contributed by atoms with Crippen molar-refractivity contribution >= 4 is 50.9 Å². The summed E-state index contributed by atoms with van der Waals surface area (Å²) in [6.07, 6.45) is 4.83. The molecule has 3 rings (SSSR count). The molecule has 1 fully saturated rings. The molecule has 1 saturated heterocycles. The molecule has 8 nitrogen and oxygen atoms in total. The molecular weight excluding hydrogens is 474 g/mol. The van der Waals surface area contributed by atoms with Gasteiger partial charge in [0.2, 0.25) is 10.0 Å². The van der Waals surface area contributed by atoms with Crippen molar-refractivity contribution in [3.05, 3.63) is 47.1 Å². The van der Waals surface area contributed by atoms with Gasteiger partial charge in [0, 0.05) is 19.3 Å². The van der Waals surface area contributed by atoms with Crippen LogP contribution in [-0.2, 0) is 19.6 Å². The van der Waals surface area contributed by atoms with E-state index in [-0.39, 0.29) is 21.2 Å². The minimum absolute atomic E-state index is 0.0451. The van der Waals surface area contributed by atoms with Crippen molar-refractivity contribution in [2.75, 3.05) is 24.7 Å². The smallest absolute Gasteiger partial charge is 0.341 e. The number of nitrogens with zero attached hydrogens (tertiary/aromatic N) is 2. The molecule has 11 heteroatoms. The van der Waals surface area contributed by atoms with Crippen LogP contribution < -0.4 is 5.32 Å². The number of thioether (sulfide) groups is 1. The van der Waals surface area contributed by atoms with Gasteiger partial charge in [0.1, 0.15) is 5.03 Å². The average Bonchev–Trinajstić information content (AvgIpc) is 2.80. The second kappa shape index (κ2) is 10.7. The van der Waals surface area contributed by atoms with E-state index in [9.17, 15) is 18.0 Å². The van der Waals surface area contributed by atoms with Crippen molar-refractivity contribution in [2.45, 2.75) is 42.2 Å². The molecule has 2 heterocycles. The van der Waals surface area contributed by atoms with Gasteiger partial charge in [0.25, 0.3) is 5.91 Å². The summed E-state index contributed by atoms with van der Waals surface area (Å²) in [4.78, 5) is 29.2. The summed E-state index contributed by atoms with van der Waals surface area (Å²) in [5.41, 5.74) is 0.385. The molecule has 1 aliphatic heterocycles. The number of aromatic nitrogens is 1. The standard InChI is InChI=1S/C21H24ClN3O5S2/c1-14(30-21(27)16-7-6-10-23-20(16)31-2)19(26)24-18-13-15(8-9-17(18)22)32(28,29)25-11-4-3-5-12-25/h6-10,13-14H,3-5,11-12H2,1-2H3,(H,24,26)/t14-/m1/s1. The number of esters is 1. The van der Waals surface area contributed by atoms with Gasteiger partial charge in [-0.3, -0.25) is 4.79 Å². The van der Waals surface area contributed by atoms with E-state index < -0.39 is 28.0 Å². The Morgan fingerprint density at radius 3 is 2.62 bits per heavy atom. The van der Waals surface area contributed by atoms with Gasteiger partial charge in [-0.15, -0.1) is 11.8 Å². The fourth-order valence-corrected chi connectivity index (χ4v) is 5.48. The summed E-state index contributed by atoms with van der Waals surface area (Å²) < 4.78 is 32.6. The summed E-state index contributed by atoms with van der Waals surface area (Å²) in [6.45, 7) is 2.35. The topological polar surface area (TPSA) is 106 Å². The van der Waals surface area contributed by atoms with Crippen molar-refractivity contribution in [1.29, 1.82) is 0 Å². The Bertz CT molecular complexity index is 1100. The largest absolute Gasteiger partial charge is 0.449 e. The van der Waals surface area contributed by atoms with E-state index in [1.807, 2.05) is 0 Å². The number of amides is 1. The maximum atomic E-state index is 12.9. The van der Waals surface area contributed by atoms with Crippen LogP contribution in [0.4, 0.5) is 5.69 Å². The molecule has 1 N–H and O–H groups in total. The van der Waals surface area contributed by atoms with E-state index in [2.05, 4.69) is 10.3 Å². The highest BCUT2D eigenvalue weighted by atomic mass is 35.5. The quantitative estimate of drug-likeness (QED) is 0.458. The second-order valence-corrected chi connectivity index (χ2v) is 10.3. The molecule has 0 bridgehead atoms. The van der Waals surface area contributed by atoms with Gasteiger partial charge >= 0.3 is 5.97 Å². The summed E-state index contributed by atoms with van der Waals surface area (Å²) in [5, 5.41) is 3.22. The highest BCUT2D eigenvalue weighted by Gasteiger charge is 2.27. The SMILES string of the molecule is CSc1ncccc1C(=O)O[C@H](C)C(=O)Nc1cc(S(=O)(=O)N2CCCCC2)ccc1Cl. The highest BCUT2D eigenvalue weighted by Crippen LogP contribution is 2.28. The minimum Gasteiger partial charge on any atom is -0.449 e. The van der Waals surface area contributed by atoms with Crippen LogP contribution in [0.2, 0.25) is 5.02 Å². The van der Waals surface area contributed by atoms with Gasteiger partial charge in [-0.25, -0.2) is 18.2 Å². The minimum atomic E-state index is -3.69. The Hall–Kier alpha value is -2.14. The number of halogens is 1. The summed E-state index contributed by atoms with van der Waals surface area (Å²) >= 11 is 7.47. The number of anilines is 1.